The van der Waals surface area contributed by atoms with Crippen molar-refractivity contribution in [2.45, 2.75) is 37.6 Å². The molecular formula is C26H28N2O3S. The third-order valence-electron chi connectivity index (χ3n) is 5.99. The number of carbonyl (C=O) groups excluding carboxylic acids is 1. The Balaban J connectivity index is 1.36. The fraction of sp³-hybridized carbons (Fsp3) is 0.269. The monoisotopic (exact) mass is 448 g/mol. The van der Waals surface area contributed by atoms with Gasteiger partial charge < -0.3 is 5.32 Å². The first kappa shape index (κ1) is 22.2. The Morgan fingerprint density at radius 2 is 1.50 bits per heavy atom. The van der Waals surface area contributed by atoms with Gasteiger partial charge >= 0.3 is 0 Å². The second-order valence-corrected chi connectivity index (χ2v) is 10.3. The Morgan fingerprint density at radius 1 is 0.875 bits per heavy atom. The number of hydrogen-bond acceptors (Lipinski definition) is 3. The fourth-order valence-electron chi connectivity index (χ4n) is 4.18. The zero-order valence-electron chi connectivity index (χ0n) is 18.4. The molecule has 6 heteroatoms. The van der Waals surface area contributed by atoms with E-state index >= 15 is 0 Å². The number of nitrogens with one attached hydrogen (secondary N) is 1. The lowest BCUT2D eigenvalue weighted by atomic mass is 10.0. The van der Waals surface area contributed by atoms with E-state index in [0.717, 1.165) is 22.3 Å². The van der Waals surface area contributed by atoms with E-state index in [-0.39, 0.29) is 11.9 Å². The highest BCUT2D eigenvalue weighted by atomic mass is 32.2. The first-order valence-corrected chi connectivity index (χ1v) is 12.3. The van der Waals surface area contributed by atoms with E-state index in [9.17, 15) is 13.2 Å². The molecule has 3 aromatic carbocycles. The Kier molecular flexibility index (Phi) is 6.44. The molecule has 1 heterocycles. The molecule has 5 nitrogen and oxygen atoms in total. The normalized spacial score (nSPS) is 15.4. The predicted octanol–water partition coefficient (Wildman–Crippen LogP) is 4.55. The van der Waals surface area contributed by atoms with Crippen LogP contribution in [-0.2, 0) is 10.0 Å². The van der Waals surface area contributed by atoms with Gasteiger partial charge in [-0.1, -0.05) is 60.2 Å². The molecule has 0 saturated carbocycles. The fourth-order valence-corrected chi connectivity index (χ4v) is 5.86. The van der Waals surface area contributed by atoms with E-state index < -0.39 is 10.0 Å². The highest BCUT2D eigenvalue weighted by Crippen LogP contribution is 2.24. The van der Waals surface area contributed by atoms with Crippen molar-refractivity contribution in [1.82, 2.24) is 9.62 Å². The summed E-state index contributed by atoms with van der Waals surface area (Å²) in [5.74, 6) is -0.125. The first-order chi connectivity index (χ1) is 15.3. The van der Waals surface area contributed by atoms with Crippen LogP contribution in [0.25, 0.3) is 11.1 Å². The van der Waals surface area contributed by atoms with Gasteiger partial charge in [0.15, 0.2) is 0 Å². The summed E-state index contributed by atoms with van der Waals surface area (Å²) in [6, 6.07) is 23.0. The van der Waals surface area contributed by atoms with Gasteiger partial charge in [0, 0.05) is 24.7 Å². The minimum absolute atomic E-state index is 0.0399. The highest BCUT2D eigenvalue weighted by molar-refractivity contribution is 7.89. The van der Waals surface area contributed by atoms with E-state index in [1.54, 1.807) is 6.07 Å². The van der Waals surface area contributed by atoms with Crippen LogP contribution >= 0.6 is 0 Å². The molecule has 1 N–H and O–H groups in total. The summed E-state index contributed by atoms with van der Waals surface area (Å²) in [5.41, 5.74) is 4.58. The molecule has 32 heavy (non-hydrogen) atoms. The van der Waals surface area contributed by atoms with Crippen LogP contribution in [0.15, 0.2) is 77.7 Å². The lowest BCUT2D eigenvalue weighted by molar-refractivity contribution is 0.0924. The van der Waals surface area contributed by atoms with Crippen molar-refractivity contribution < 1.29 is 13.2 Å². The Bertz CT molecular complexity index is 1200. The van der Waals surface area contributed by atoms with Crippen LogP contribution in [0.2, 0.25) is 0 Å². The van der Waals surface area contributed by atoms with Crippen LogP contribution in [-0.4, -0.2) is 37.8 Å². The van der Waals surface area contributed by atoms with Crippen LogP contribution < -0.4 is 5.32 Å². The van der Waals surface area contributed by atoms with Crippen molar-refractivity contribution in [2.75, 3.05) is 13.1 Å². The van der Waals surface area contributed by atoms with Crippen LogP contribution in [0.3, 0.4) is 0 Å². The predicted molar refractivity (Wildman–Crippen MR) is 127 cm³/mol. The zero-order chi connectivity index (χ0) is 22.7. The number of benzene rings is 3. The third kappa shape index (κ3) is 4.76. The molecule has 0 aromatic heterocycles. The molecule has 0 atom stereocenters. The summed E-state index contributed by atoms with van der Waals surface area (Å²) in [5, 5.41) is 3.06. The van der Waals surface area contributed by atoms with E-state index in [0.29, 0.717) is 36.4 Å². The molecule has 1 amide bonds. The van der Waals surface area contributed by atoms with E-state index in [1.807, 2.05) is 80.6 Å². The Labute approximate surface area is 190 Å². The third-order valence-corrected chi connectivity index (χ3v) is 8.05. The number of carbonyl (C=O) groups is 1. The van der Waals surface area contributed by atoms with Gasteiger partial charge in [0.25, 0.3) is 5.91 Å². The average molecular weight is 449 g/mol. The summed E-state index contributed by atoms with van der Waals surface area (Å²) < 4.78 is 27.6. The van der Waals surface area contributed by atoms with Gasteiger partial charge in [-0.3, -0.25) is 4.79 Å². The molecule has 1 aliphatic heterocycles. The van der Waals surface area contributed by atoms with E-state index in [2.05, 4.69) is 5.32 Å². The molecule has 166 valence electrons. The number of piperidine rings is 1. The number of aryl methyl sites for hydroxylation is 2. The molecule has 0 unspecified atom stereocenters. The number of hydrogen-bond donors (Lipinski definition) is 1. The molecule has 1 aliphatic rings. The lowest BCUT2D eigenvalue weighted by Gasteiger charge is -2.32. The van der Waals surface area contributed by atoms with Crippen LogP contribution in [0.4, 0.5) is 0 Å². The second kappa shape index (κ2) is 9.27. The molecule has 1 fully saturated rings. The minimum Gasteiger partial charge on any atom is -0.349 e. The van der Waals surface area contributed by atoms with Gasteiger partial charge in [-0.2, -0.15) is 4.31 Å². The van der Waals surface area contributed by atoms with Crippen molar-refractivity contribution in [3.05, 3.63) is 89.5 Å². The smallest absolute Gasteiger partial charge is 0.251 e. The average Bonchev–Trinajstić information content (AvgIpc) is 2.80. The molecule has 0 spiro atoms. The van der Waals surface area contributed by atoms with Crippen molar-refractivity contribution in [1.29, 1.82) is 0 Å². The second-order valence-electron chi connectivity index (χ2n) is 8.36. The Hall–Kier alpha value is -2.96. The van der Waals surface area contributed by atoms with Crippen LogP contribution in [0.1, 0.15) is 34.3 Å². The zero-order valence-corrected chi connectivity index (χ0v) is 19.2. The summed E-state index contributed by atoms with van der Waals surface area (Å²) >= 11 is 0. The minimum atomic E-state index is -3.52. The number of sulfonamides is 1. The van der Waals surface area contributed by atoms with Crippen LogP contribution in [0, 0.1) is 13.8 Å². The van der Waals surface area contributed by atoms with Crippen molar-refractivity contribution in [3.8, 4) is 11.1 Å². The number of rotatable bonds is 5. The molecule has 4 rings (SSSR count). The van der Waals surface area contributed by atoms with Crippen molar-refractivity contribution >= 4 is 15.9 Å². The van der Waals surface area contributed by atoms with Gasteiger partial charge in [0.05, 0.1) is 4.90 Å². The van der Waals surface area contributed by atoms with Gasteiger partial charge in [0.2, 0.25) is 10.0 Å². The lowest BCUT2D eigenvalue weighted by Crippen LogP contribution is -2.46. The molecule has 3 aromatic rings. The van der Waals surface area contributed by atoms with Crippen molar-refractivity contribution in [2.24, 2.45) is 0 Å². The largest absolute Gasteiger partial charge is 0.349 e. The highest BCUT2D eigenvalue weighted by Gasteiger charge is 2.31. The summed E-state index contributed by atoms with van der Waals surface area (Å²) in [7, 11) is -3.52. The number of amides is 1. The summed E-state index contributed by atoms with van der Waals surface area (Å²) in [6.07, 6.45) is 1.19. The summed E-state index contributed by atoms with van der Waals surface area (Å²) in [6.45, 7) is 4.57. The van der Waals surface area contributed by atoms with Gasteiger partial charge in [0.1, 0.15) is 0 Å². The Morgan fingerprint density at radius 3 is 2.12 bits per heavy atom. The quantitative estimate of drug-likeness (QED) is 0.623. The molecule has 1 saturated heterocycles. The number of nitrogens with zero attached hydrogens (tertiary/aromatic N) is 1. The maximum atomic E-state index is 13.1. The summed E-state index contributed by atoms with van der Waals surface area (Å²) in [4.78, 5) is 13.1. The SMILES string of the molecule is Cc1ccc(S(=O)(=O)N2CCC(NC(=O)c3ccc(-c4ccccc4)cc3)CC2)c(C)c1. The van der Waals surface area contributed by atoms with Gasteiger partial charge in [-0.25, -0.2) is 8.42 Å². The van der Waals surface area contributed by atoms with Gasteiger partial charge in [-0.15, -0.1) is 0 Å². The topological polar surface area (TPSA) is 66.5 Å². The maximum absolute atomic E-state index is 13.1. The van der Waals surface area contributed by atoms with E-state index in [1.165, 1.54) is 4.31 Å². The van der Waals surface area contributed by atoms with Gasteiger partial charge in [-0.05, 0) is 61.6 Å². The molecular weight excluding hydrogens is 420 g/mol. The maximum Gasteiger partial charge on any atom is 0.251 e. The molecule has 0 aliphatic carbocycles. The molecule has 0 radical (unpaired) electrons. The van der Waals surface area contributed by atoms with Crippen molar-refractivity contribution in [3.63, 3.8) is 0 Å². The standard InChI is InChI=1S/C26H28N2O3S/c1-19-8-13-25(20(2)18-19)32(30,31)28-16-14-24(15-17-28)27-26(29)23-11-9-22(10-12-23)21-6-4-3-5-7-21/h3-13,18,24H,14-17H2,1-2H3,(H,27,29). The van der Waals surface area contributed by atoms with E-state index in [4.69, 9.17) is 0 Å². The van der Waals surface area contributed by atoms with Crippen LogP contribution in [0.5, 0.6) is 0 Å². The first-order valence-electron chi connectivity index (χ1n) is 10.9. The molecule has 0 bridgehead atoms.